The molecule has 0 spiro atoms. The van der Waals surface area contributed by atoms with E-state index in [1.165, 1.54) is 13.0 Å². The van der Waals surface area contributed by atoms with Gasteiger partial charge in [-0.05, 0) is 49.2 Å². The van der Waals surface area contributed by atoms with E-state index >= 15 is 0 Å². The molecular weight excluding hydrogens is 404 g/mol. The topological polar surface area (TPSA) is 120 Å². The van der Waals surface area contributed by atoms with Crippen molar-refractivity contribution >= 4 is 53.7 Å². The summed E-state index contributed by atoms with van der Waals surface area (Å²) in [5.74, 6) is 0. The second-order valence-corrected chi connectivity index (χ2v) is 8.82. The van der Waals surface area contributed by atoms with E-state index in [9.17, 15) is 22.6 Å². The van der Waals surface area contributed by atoms with Gasteiger partial charge in [0.1, 0.15) is 4.90 Å². The third kappa shape index (κ3) is 2.51. The van der Waals surface area contributed by atoms with E-state index in [4.69, 9.17) is 0 Å². The van der Waals surface area contributed by atoms with Gasteiger partial charge in [0.05, 0.1) is 27.5 Å². The number of para-hydroxylation sites is 1. The molecule has 0 aliphatic rings. The largest absolute Gasteiger partial charge is 0.354 e. The minimum absolute atomic E-state index is 0.108. The Labute approximate surface area is 169 Å². The fourth-order valence-corrected chi connectivity index (χ4v) is 5.05. The first-order valence-electron chi connectivity index (χ1n) is 9.19. The van der Waals surface area contributed by atoms with Gasteiger partial charge in [0.15, 0.2) is 10.9 Å². The summed E-state index contributed by atoms with van der Waals surface area (Å²) in [5, 5.41) is 1.07. The molecule has 0 fully saturated rings. The Morgan fingerprint density at radius 2 is 1.43 bits per heavy atom. The highest BCUT2D eigenvalue weighted by Crippen LogP contribution is 2.27. The Morgan fingerprint density at radius 3 is 2.13 bits per heavy atom. The van der Waals surface area contributed by atoms with Crippen molar-refractivity contribution in [1.29, 1.82) is 0 Å². The van der Waals surface area contributed by atoms with Gasteiger partial charge in [0.25, 0.3) is 10.1 Å². The zero-order valence-corrected chi connectivity index (χ0v) is 16.8. The third-order valence-electron chi connectivity index (χ3n) is 5.53. The van der Waals surface area contributed by atoms with Crippen LogP contribution in [0.3, 0.4) is 0 Å². The number of fused-ring (bicyclic) bond motifs is 4. The monoisotopic (exact) mass is 420 g/mol. The summed E-state index contributed by atoms with van der Waals surface area (Å²) < 4.78 is 33.6. The summed E-state index contributed by atoms with van der Waals surface area (Å²) in [7, 11) is -4.61. The molecule has 0 atom stereocenters. The van der Waals surface area contributed by atoms with Gasteiger partial charge in [0, 0.05) is 16.2 Å². The number of aromatic amines is 2. The van der Waals surface area contributed by atoms with E-state index in [2.05, 4.69) is 9.97 Å². The zero-order valence-electron chi connectivity index (χ0n) is 16.0. The molecule has 0 saturated heterocycles. The van der Waals surface area contributed by atoms with Crippen molar-refractivity contribution in [2.24, 2.45) is 0 Å². The van der Waals surface area contributed by atoms with Crippen molar-refractivity contribution in [3.8, 4) is 0 Å². The van der Waals surface area contributed by atoms with E-state index in [0.29, 0.717) is 27.3 Å². The Morgan fingerprint density at radius 1 is 0.767 bits per heavy atom. The molecule has 3 aromatic carbocycles. The lowest BCUT2D eigenvalue weighted by Gasteiger charge is -2.10. The second-order valence-electron chi connectivity index (χ2n) is 7.46. The molecule has 2 heterocycles. The standard InChI is InChI=1S/C22H16N2O5S/c1-10-4-3-5-12-19(10)24-17-9-14-16(8-13(17)20(12)25)23-15-7-6-11(2)22(30(27,28)29)18(15)21(14)26/h3-9H,1-2H3,(H,23,26)(H,24,25)(H,27,28,29). The van der Waals surface area contributed by atoms with Crippen molar-refractivity contribution in [1.82, 2.24) is 9.97 Å². The normalized spacial score (nSPS) is 12.4. The zero-order chi connectivity index (χ0) is 21.4. The maximum absolute atomic E-state index is 13.3. The molecule has 3 N–H and O–H groups in total. The van der Waals surface area contributed by atoms with E-state index in [1.807, 2.05) is 19.1 Å². The summed E-state index contributed by atoms with van der Waals surface area (Å²) in [5.41, 5.74) is 2.28. The van der Waals surface area contributed by atoms with Crippen molar-refractivity contribution < 1.29 is 13.0 Å². The predicted molar refractivity (Wildman–Crippen MR) is 117 cm³/mol. The van der Waals surface area contributed by atoms with Gasteiger partial charge >= 0.3 is 0 Å². The Hall–Kier alpha value is -3.49. The molecule has 0 saturated carbocycles. The molecule has 150 valence electrons. The Balaban J connectivity index is 2.03. The van der Waals surface area contributed by atoms with Crippen LogP contribution in [0.15, 0.2) is 56.9 Å². The summed E-state index contributed by atoms with van der Waals surface area (Å²) >= 11 is 0. The summed E-state index contributed by atoms with van der Waals surface area (Å²) in [6.45, 7) is 3.39. The molecule has 2 aromatic heterocycles. The fraction of sp³-hybridized carbons (Fsp3) is 0.0909. The average molecular weight is 420 g/mol. The van der Waals surface area contributed by atoms with Crippen molar-refractivity contribution in [2.45, 2.75) is 18.7 Å². The van der Waals surface area contributed by atoms with Crippen LogP contribution in [-0.2, 0) is 10.1 Å². The molecule has 7 nitrogen and oxygen atoms in total. The first-order valence-corrected chi connectivity index (χ1v) is 10.6. The van der Waals surface area contributed by atoms with Gasteiger partial charge in [0.2, 0.25) is 0 Å². The highest BCUT2D eigenvalue weighted by molar-refractivity contribution is 7.86. The van der Waals surface area contributed by atoms with Crippen molar-refractivity contribution in [3.63, 3.8) is 0 Å². The van der Waals surface area contributed by atoms with Crippen LogP contribution in [0.1, 0.15) is 11.1 Å². The molecule has 8 heteroatoms. The number of benzene rings is 3. The molecule has 0 aliphatic heterocycles. The average Bonchev–Trinajstić information content (AvgIpc) is 2.68. The van der Waals surface area contributed by atoms with Crippen LogP contribution in [-0.4, -0.2) is 22.9 Å². The molecular formula is C22H16N2O5S. The minimum Gasteiger partial charge on any atom is -0.354 e. The third-order valence-corrected chi connectivity index (χ3v) is 6.57. The highest BCUT2D eigenvalue weighted by Gasteiger charge is 2.21. The number of nitrogens with one attached hydrogen (secondary N) is 2. The number of rotatable bonds is 1. The van der Waals surface area contributed by atoms with Gasteiger partial charge in [-0.25, -0.2) is 0 Å². The summed E-state index contributed by atoms with van der Waals surface area (Å²) in [6, 6.07) is 11.7. The number of H-pyrrole nitrogens is 2. The first kappa shape index (κ1) is 18.5. The summed E-state index contributed by atoms with van der Waals surface area (Å²) in [6.07, 6.45) is 0. The predicted octanol–water partition coefficient (Wildman–Crippen LogP) is 3.54. The molecule has 0 bridgehead atoms. The number of aromatic nitrogens is 2. The molecule has 5 rings (SSSR count). The highest BCUT2D eigenvalue weighted by atomic mass is 32.2. The SMILES string of the molecule is Cc1ccc2[nH]c3cc4c(=O)c5cccc(C)c5[nH]c4cc3c(=O)c2c1S(=O)(=O)O. The summed E-state index contributed by atoms with van der Waals surface area (Å²) in [4.78, 5) is 32.2. The molecule has 5 aromatic rings. The van der Waals surface area contributed by atoms with Crippen LogP contribution in [0.4, 0.5) is 0 Å². The Kier molecular flexibility index (Phi) is 3.71. The second kappa shape index (κ2) is 6.01. The van der Waals surface area contributed by atoms with Gasteiger partial charge in [-0.1, -0.05) is 18.2 Å². The minimum atomic E-state index is -4.61. The molecule has 0 unspecified atom stereocenters. The number of hydrogen-bond acceptors (Lipinski definition) is 4. The van der Waals surface area contributed by atoms with Crippen molar-refractivity contribution in [2.75, 3.05) is 0 Å². The molecule has 30 heavy (non-hydrogen) atoms. The Bertz CT molecular complexity index is 1780. The number of hydrogen-bond donors (Lipinski definition) is 3. The van der Waals surface area contributed by atoms with Crippen LogP contribution < -0.4 is 10.9 Å². The van der Waals surface area contributed by atoms with Crippen LogP contribution in [0, 0.1) is 13.8 Å². The van der Waals surface area contributed by atoms with Crippen LogP contribution in [0.2, 0.25) is 0 Å². The lowest BCUT2D eigenvalue weighted by molar-refractivity contribution is 0.483. The lowest BCUT2D eigenvalue weighted by Crippen LogP contribution is -2.12. The number of aryl methyl sites for hydroxylation is 2. The van der Waals surface area contributed by atoms with E-state index in [1.54, 1.807) is 24.3 Å². The van der Waals surface area contributed by atoms with E-state index in [0.717, 1.165) is 5.56 Å². The lowest BCUT2D eigenvalue weighted by atomic mass is 10.0. The first-order chi connectivity index (χ1) is 14.2. The number of pyridine rings is 2. The van der Waals surface area contributed by atoms with Gasteiger partial charge in [-0.15, -0.1) is 0 Å². The maximum Gasteiger partial charge on any atom is 0.295 e. The fourth-order valence-electron chi connectivity index (χ4n) is 4.11. The van der Waals surface area contributed by atoms with E-state index in [-0.39, 0.29) is 27.3 Å². The molecule has 0 radical (unpaired) electrons. The van der Waals surface area contributed by atoms with Crippen LogP contribution in [0.25, 0.3) is 43.6 Å². The smallest absolute Gasteiger partial charge is 0.295 e. The van der Waals surface area contributed by atoms with Gasteiger partial charge in [-0.2, -0.15) is 8.42 Å². The van der Waals surface area contributed by atoms with Gasteiger partial charge < -0.3 is 9.97 Å². The van der Waals surface area contributed by atoms with Crippen molar-refractivity contribution in [3.05, 3.63) is 74.0 Å². The quantitative estimate of drug-likeness (QED) is 0.283. The van der Waals surface area contributed by atoms with Crippen LogP contribution in [0.5, 0.6) is 0 Å². The maximum atomic E-state index is 13.3. The molecule has 0 amide bonds. The van der Waals surface area contributed by atoms with E-state index < -0.39 is 20.4 Å². The van der Waals surface area contributed by atoms with Gasteiger partial charge in [-0.3, -0.25) is 14.1 Å². The van der Waals surface area contributed by atoms with Crippen LogP contribution >= 0.6 is 0 Å². The molecule has 0 aliphatic carbocycles.